The predicted octanol–water partition coefficient (Wildman–Crippen LogP) is 2.78. The molecule has 1 aromatic rings. The molecular weight excluding hydrogens is 336 g/mol. The second-order valence-electron chi connectivity index (χ2n) is 7.63. The highest BCUT2D eigenvalue weighted by molar-refractivity contribution is 5.90. The van der Waals surface area contributed by atoms with Gasteiger partial charge in [0.15, 0.2) is 5.69 Å². The Morgan fingerprint density at radius 3 is 2.62 bits per heavy atom. The van der Waals surface area contributed by atoms with Crippen LogP contribution in [0.4, 0.5) is 10.6 Å². The highest BCUT2D eigenvalue weighted by atomic mass is 16.6. The molecule has 2 heterocycles. The number of unbranched alkanes of at least 4 members (excludes halogenated alkanes) is 1. The number of amides is 1. The van der Waals surface area contributed by atoms with E-state index in [1.807, 2.05) is 20.8 Å². The van der Waals surface area contributed by atoms with Crippen LogP contribution in [0.5, 0.6) is 0 Å². The van der Waals surface area contributed by atoms with Crippen molar-refractivity contribution in [2.45, 2.75) is 65.0 Å². The number of likely N-dealkylation sites (tertiary alicyclic amines) is 1. The number of carbonyl (C=O) groups excluding carboxylic acids is 2. The molecule has 8 heteroatoms. The number of aryl methyl sites for hydroxylation is 1. The van der Waals surface area contributed by atoms with E-state index in [4.69, 9.17) is 15.2 Å². The van der Waals surface area contributed by atoms with Crippen LogP contribution in [-0.4, -0.2) is 52.5 Å². The van der Waals surface area contributed by atoms with Crippen molar-refractivity contribution < 1.29 is 19.1 Å². The number of hydrogen-bond donors (Lipinski definition) is 1. The molecule has 1 aliphatic rings. The van der Waals surface area contributed by atoms with Crippen LogP contribution >= 0.6 is 0 Å². The lowest BCUT2D eigenvalue weighted by molar-refractivity contribution is 0.0292. The van der Waals surface area contributed by atoms with E-state index in [-0.39, 0.29) is 17.7 Å². The first kappa shape index (κ1) is 20.1. The smallest absolute Gasteiger partial charge is 0.410 e. The van der Waals surface area contributed by atoms with Gasteiger partial charge in [-0.1, -0.05) is 13.3 Å². The van der Waals surface area contributed by atoms with Crippen LogP contribution < -0.4 is 5.73 Å². The summed E-state index contributed by atoms with van der Waals surface area (Å²) in [5.74, 6) is -0.0837. The SMILES string of the molecule is CCCCn1nc(C(=O)OC)c(C2CCN(C(=O)OC(C)(C)C)C2)c1N. The molecule has 8 nitrogen and oxygen atoms in total. The number of esters is 1. The van der Waals surface area contributed by atoms with Crippen molar-refractivity contribution in [1.29, 1.82) is 0 Å². The monoisotopic (exact) mass is 366 g/mol. The number of ether oxygens (including phenoxy) is 2. The second-order valence-corrected chi connectivity index (χ2v) is 7.63. The van der Waals surface area contributed by atoms with Crippen molar-refractivity contribution in [2.24, 2.45) is 0 Å². The number of aromatic nitrogens is 2. The number of hydrogen-bond acceptors (Lipinski definition) is 6. The molecule has 26 heavy (non-hydrogen) atoms. The van der Waals surface area contributed by atoms with Gasteiger partial charge in [-0.3, -0.25) is 0 Å². The lowest BCUT2D eigenvalue weighted by Crippen LogP contribution is -2.35. The second kappa shape index (κ2) is 7.97. The van der Waals surface area contributed by atoms with Crippen LogP contribution in [0.25, 0.3) is 0 Å². The molecule has 0 bridgehead atoms. The normalized spacial score (nSPS) is 17.4. The standard InChI is InChI=1S/C18H30N4O4/c1-6-7-9-22-15(19)13(14(20-22)16(23)25-5)12-8-10-21(11-12)17(24)26-18(2,3)4/h12H,6-11,19H2,1-5H3. The van der Waals surface area contributed by atoms with Crippen molar-refractivity contribution in [3.63, 3.8) is 0 Å². The van der Waals surface area contributed by atoms with Crippen LogP contribution in [-0.2, 0) is 16.0 Å². The fraction of sp³-hybridized carbons (Fsp3) is 0.722. The van der Waals surface area contributed by atoms with E-state index in [0.717, 1.165) is 12.8 Å². The number of nitrogen functional groups attached to an aromatic ring is 1. The summed E-state index contributed by atoms with van der Waals surface area (Å²) in [6, 6.07) is 0. The first-order valence-electron chi connectivity index (χ1n) is 9.10. The molecule has 2 N–H and O–H groups in total. The van der Waals surface area contributed by atoms with Crippen LogP contribution in [0.2, 0.25) is 0 Å². The summed E-state index contributed by atoms with van der Waals surface area (Å²) in [5.41, 5.74) is 6.68. The number of nitrogens with two attached hydrogens (primary N) is 1. The summed E-state index contributed by atoms with van der Waals surface area (Å²) < 4.78 is 12.0. The van der Waals surface area contributed by atoms with E-state index in [0.29, 0.717) is 37.4 Å². The van der Waals surface area contributed by atoms with Gasteiger partial charge < -0.3 is 20.1 Å². The first-order valence-corrected chi connectivity index (χ1v) is 9.10. The number of methoxy groups -OCH3 is 1. The fourth-order valence-corrected chi connectivity index (χ4v) is 3.11. The van der Waals surface area contributed by atoms with E-state index in [1.165, 1.54) is 7.11 Å². The van der Waals surface area contributed by atoms with Gasteiger partial charge in [-0.15, -0.1) is 0 Å². The molecule has 146 valence electrons. The Morgan fingerprint density at radius 1 is 1.35 bits per heavy atom. The van der Waals surface area contributed by atoms with Gasteiger partial charge in [0.25, 0.3) is 0 Å². The molecule has 1 aliphatic heterocycles. The minimum atomic E-state index is -0.545. The maximum atomic E-state index is 12.3. The van der Waals surface area contributed by atoms with Crippen molar-refractivity contribution in [1.82, 2.24) is 14.7 Å². The van der Waals surface area contributed by atoms with Crippen LogP contribution in [0.1, 0.15) is 68.9 Å². The van der Waals surface area contributed by atoms with Crippen molar-refractivity contribution in [3.05, 3.63) is 11.3 Å². The van der Waals surface area contributed by atoms with E-state index in [2.05, 4.69) is 12.0 Å². The average molecular weight is 366 g/mol. The van der Waals surface area contributed by atoms with E-state index in [1.54, 1.807) is 9.58 Å². The van der Waals surface area contributed by atoms with Gasteiger partial charge in [-0.05, 0) is 33.6 Å². The van der Waals surface area contributed by atoms with Gasteiger partial charge in [0, 0.05) is 31.1 Å². The Balaban J connectivity index is 2.23. The first-order chi connectivity index (χ1) is 12.2. The Bertz CT molecular complexity index is 663. The molecule has 0 spiro atoms. The maximum absolute atomic E-state index is 12.3. The van der Waals surface area contributed by atoms with Gasteiger partial charge in [-0.25, -0.2) is 14.3 Å². The number of carbonyl (C=O) groups is 2. The summed E-state index contributed by atoms with van der Waals surface area (Å²) in [6.45, 7) is 9.24. The molecule has 0 saturated carbocycles. The summed E-state index contributed by atoms with van der Waals surface area (Å²) >= 11 is 0. The molecule has 1 amide bonds. The molecule has 0 radical (unpaired) electrons. The molecule has 0 aromatic carbocycles. The number of rotatable bonds is 5. The van der Waals surface area contributed by atoms with Gasteiger partial charge in [0.05, 0.1) is 7.11 Å². The lowest BCUT2D eigenvalue weighted by atomic mass is 9.98. The molecule has 1 aromatic heterocycles. The maximum Gasteiger partial charge on any atom is 0.410 e. The molecule has 1 fully saturated rings. The van der Waals surface area contributed by atoms with Gasteiger partial charge in [0.1, 0.15) is 11.4 Å². The van der Waals surface area contributed by atoms with Crippen LogP contribution in [0, 0.1) is 0 Å². The fourth-order valence-electron chi connectivity index (χ4n) is 3.11. The zero-order valence-electron chi connectivity index (χ0n) is 16.4. The van der Waals surface area contributed by atoms with Crippen molar-refractivity contribution in [2.75, 3.05) is 25.9 Å². The Kier molecular flexibility index (Phi) is 6.15. The van der Waals surface area contributed by atoms with Crippen LogP contribution in [0.15, 0.2) is 0 Å². The van der Waals surface area contributed by atoms with E-state index in [9.17, 15) is 9.59 Å². The topological polar surface area (TPSA) is 99.7 Å². The van der Waals surface area contributed by atoms with Crippen molar-refractivity contribution >= 4 is 17.9 Å². The Labute approximate surface area is 154 Å². The summed E-state index contributed by atoms with van der Waals surface area (Å²) in [7, 11) is 1.33. The zero-order valence-corrected chi connectivity index (χ0v) is 16.4. The third-order valence-electron chi connectivity index (χ3n) is 4.38. The lowest BCUT2D eigenvalue weighted by Gasteiger charge is -2.24. The highest BCUT2D eigenvalue weighted by Gasteiger charge is 2.36. The minimum Gasteiger partial charge on any atom is -0.464 e. The van der Waals surface area contributed by atoms with Gasteiger partial charge in [-0.2, -0.15) is 5.10 Å². The molecule has 1 unspecified atom stereocenters. The summed E-state index contributed by atoms with van der Waals surface area (Å²) in [4.78, 5) is 26.1. The third-order valence-corrected chi connectivity index (χ3v) is 4.38. The van der Waals surface area contributed by atoms with Crippen molar-refractivity contribution in [3.8, 4) is 0 Å². The summed E-state index contributed by atoms with van der Waals surface area (Å²) in [6.07, 6.45) is 2.27. The number of nitrogens with zero attached hydrogens (tertiary/aromatic N) is 3. The van der Waals surface area contributed by atoms with Gasteiger partial charge in [0.2, 0.25) is 0 Å². The third kappa shape index (κ3) is 4.47. The molecule has 0 aliphatic carbocycles. The molecule has 2 rings (SSSR count). The zero-order chi connectivity index (χ0) is 19.5. The van der Waals surface area contributed by atoms with Gasteiger partial charge >= 0.3 is 12.1 Å². The average Bonchev–Trinajstić information content (AvgIpc) is 3.15. The molecule has 1 saturated heterocycles. The Hall–Kier alpha value is -2.25. The molecule has 1 atom stereocenters. The largest absolute Gasteiger partial charge is 0.464 e. The predicted molar refractivity (Wildman–Crippen MR) is 98.1 cm³/mol. The highest BCUT2D eigenvalue weighted by Crippen LogP contribution is 2.34. The number of anilines is 1. The van der Waals surface area contributed by atoms with Crippen LogP contribution in [0.3, 0.4) is 0 Å². The quantitative estimate of drug-likeness (QED) is 0.804. The summed E-state index contributed by atoms with van der Waals surface area (Å²) in [5, 5.41) is 4.37. The Morgan fingerprint density at radius 2 is 2.04 bits per heavy atom. The van der Waals surface area contributed by atoms with E-state index < -0.39 is 11.6 Å². The minimum absolute atomic E-state index is 0.0630. The molecular formula is C18H30N4O4. The van der Waals surface area contributed by atoms with E-state index >= 15 is 0 Å².